The average Bonchev–Trinajstić information content (AvgIpc) is 3.01. The first-order valence-corrected chi connectivity index (χ1v) is 15.1. The molecule has 2 heterocycles. The van der Waals surface area contributed by atoms with Crippen LogP contribution in [0.2, 0.25) is 0 Å². The van der Waals surface area contributed by atoms with Gasteiger partial charge in [0.15, 0.2) is 0 Å². The number of nitrogens with zero attached hydrogens (tertiary/aromatic N) is 4. The third kappa shape index (κ3) is 8.01. The minimum atomic E-state index is -0.931. The summed E-state index contributed by atoms with van der Waals surface area (Å²) in [6.07, 6.45) is 8.11. The molecule has 1 aliphatic heterocycles. The number of ether oxygens (including phenoxy) is 1. The number of hydrogen-bond donors (Lipinski definition) is 2. The van der Waals surface area contributed by atoms with E-state index in [9.17, 15) is 9.90 Å². The Hall–Kier alpha value is -4.27. The van der Waals surface area contributed by atoms with Crippen molar-refractivity contribution in [3.8, 4) is 11.1 Å². The molecular weight excluding hydrogens is 550 g/mol. The number of aromatic nitrogens is 1. The second kappa shape index (κ2) is 14.5. The fourth-order valence-electron chi connectivity index (χ4n) is 5.30. The summed E-state index contributed by atoms with van der Waals surface area (Å²) in [5.74, 6) is 0.804. The standard InChI is InChI=1S/C36H45N5O3/c1-7-11-27-14-15-29(30-18-25(2)35(42)40(6)22-30)19-32(27)34(39-26(3)31(20-37)21-38-24-36(4,5)43)41-16-17-44-23-33(41)28-12-9-8-10-13-28/h8-15,18-22,33,43H,7,16-17,23-24,37H2,1-6H3/b27-11+,31-20+,34-32+,38-21?,39-26+. The van der Waals surface area contributed by atoms with Gasteiger partial charge in [0.25, 0.3) is 5.56 Å². The molecule has 8 heteroatoms. The van der Waals surface area contributed by atoms with E-state index < -0.39 is 5.60 Å². The van der Waals surface area contributed by atoms with Gasteiger partial charge in [0, 0.05) is 54.3 Å². The Morgan fingerprint density at radius 2 is 1.91 bits per heavy atom. The predicted molar refractivity (Wildman–Crippen MR) is 181 cm³/mol. The minimum Gasteiger partial charge on any atom is -0.404 e. The van der Waals surface area contributed by atoms with Gasteiger partial charge in [-0.2, -0.15) is 0 Å². The average molecular weight is 596 g/mol. The van der Waals surface area contributed by atoms with Gasteiger partial charge in [0.1, 0.15) is 5.82 Å². The Bertz CT molecular complexity index is 1700. The fraction of sp³-hybridized carbons (Fsp3) is 0.361. The fourth-order valence-corrected chi connectivity index (χ4v) is 5.30. The molecule has 3 N–H and O–H groups in total. The number of aliphatic hydroxyl groups is 1. The third-order valence-electron chi connectivity index (χ3n) is 7.58. The lowest BCUT2D eigenvalue weighted by Gasteiger charge is -2.38. The summed E-state index contributed by atoms with van der Waals surface area (Å²) in [4.78, 5) is 24.5. The zero-order valence-electron chi connectivity index (χ0n) is 26.7. The van der Waals surface area contributed by atoms with Crippen LogP contribution in [-0.4, -0.2) is 58.4 Å². The molecule has 1 aromatic heterocycles. The van der Waals surface area contributed by atoms with Crippen molar-refractivity contribution in [3.63, 3.8) is 0 Å². The number of morpholine rings is 1. The van der Waals surface area contributed by atoms with Crippen LogP contribution in [0.3, 0.4) is 0 Å². The van der Waals surface area contributed by atoms with Crippen molar-refractivity contribution in [2.24, 2.45) is 22.8 Å². The van der Waals surface area contributed by atoms with E-state index in [4.69, 9.17) is 15.5 Å². The molecule has 0 saturated carbocycles. The third-order valence-corrected chi connectivity index (χ3v) is 7.58. The smallest absolute Gasteiger partial charge is 0.253 e. The van der Waals surface area contributed by atoms with Gasteiger partial charge in [0.05, 0.1) is 31.4 Å². The zero-order chi connectivity index (χ0) is 31.9. The van der Waals surface area contributed by atoms with E-state index in [-0.39, 0.29) is 18.1 Å². The van der Waals surface area contributed by atoms with Crippen LogP contribution in [0.1, 0.15) is 51.3 Å². The quantitative estimate of drug-likeness (QED) is 0.366. The lowest BCUT2D eigenvalue weighted by molar-refractivity contribution is 0.0195. The molecule has 4 rings (SSSR count). The maximum absolute atomic E-state index is 12.5. The van der Waals surface area contributed by atoms with Crippen LogP contribution in [0.15, 0.2) is 87.3 Å². The Kier molecular flexibility index (Phi) is 10.7. The molecule has 1 saturated heterocycles. The topological polar surface area (TPSA) is 105 Å². The number of benzene rings is 2. The highest BCUT2D eigenvalue weighted by Crippen LogP contribution is 2.29. The highest BCUT2D eigenvalue weighted by Gasteiger charge is 2.27. The Balaban J connectivity index is 2.02. The number of hydrogen-bond acceptors (Lipinski definition) is 7. The molecule has 44 heavy (non-hydrogen) atoms. The van der Waals surface area contributed by atoms with Gasteiger partial charge in [-0.05, 0) is 68.2 Å². The highest BCUT2D eigenvalue weighted by molar-refractivity contribution is 6.15. The lowest BCUT2D eigenvalue weighted by atomic mass is 10.0. The second-order valence-electron chi connectivity index (χ2n) is 11.9. The van der Waals surface area contributed by atoms with Crippen LogP contribution >= 0.6 is 0 Å². The Morgan fingerprint density at radius 1 is 1.16 bits per heavy atom. The van der Waals surface area contributed by atoms with Gasteiger partial charge < -0.3 is 25.0 Å². The number of aryl methyl sites for hydroxylation is 2. The molecule has 0 bridgehead atoms. The van der Waals surface area contributed by atoms with Crippen LogP contribution in [0.4, 0.5) is 0 Å². The van der Waals surface area contributed by atoms with Crippen molar-refractivity contribution < 1.29 is 9.84 Å². The van der Waals surface area contributed by atoms with Gasteiger partial charge in [0.2, 0.25) is 0 Å². The zero-order valence-corrected chi connectivity index (χ0v) is 26.7. The number of pyridine rings is 1. The van der Waals surface area contributed by atoms with E-state index in [1.54, 1.807) is 31.7 Å². The number of nitrogens with two attached hydrogens (primary N) is 1. The van der Waals surface area contributed by atoms with Crippen molar-refractivity contribution in [1.82, 2.24) is 9.47 Å². The number of rotatable bonds is 9. The molecule has 3 aromatic rings. The van der Waals surface area contributed by atoms with E-state index in [1.807, 2.05) is 44.3 Å². The minimum absolute atomic E-state index is 0.0104. The van der Waals surface area contributed by atoms with Gasteiger partial charge in [-0.3, -0.25) is 9.79 Å². The molecule has 0 spiro atoms. The van der Waals surface area contributed by atoms with Crippen LogP contribution in [0.5, 0.6) is 0 Å². The molecule has 8 nitrogen and oxygen atoms in total. The van der Waals surface area contributed by atoms with E-state index in [0.717, 1.165) is 39.4 Å². The molecule has 0 amide bonds. The van der Waals surface area contributed by atoms with Crippen LogP contribution in [-0.2, 0) is 11.8 Å². The van der Waals surface area contributed by atoms with E-state index in [1.165, 1.54) is 6.20 Å². The normalized spacial score (nSPS) is 17.8. The summed E-state index contributed by atoms with van der Waals surface area (Å²) in [5.41, 5.74) is 10.3. The molecule has 0 aliphatic carbocycles. The molecular formula is C36H45N5O3. The summed E-state index contributed by atoms with van der Waals surface area (Å²) < 4.78 is 7.63. The van der Waals surface area contributed by atoms with E-state index in [0.29, 0.717) is 36.6 Å². The van der Waals surface area contributed by atoms with E-state index >= 15 is 0 Å². The maximum atomic E-state index is 12.5. The van der Waals surface area contributed by atoms with Crippen LogP contribution < -0.4 is 21.7 Å². The summed E-state index contributed by atoms with van der Waals surface area (Å²) in [6, 6.07) is 18.6. The van der Waals surface area contributed by atoms with Crippen LogP contribution in [0.25, 0.3) is 23.0 Å². The summed E-state index contributed by atoms with van der Waals surface area (Å²) in [6.45, 7) is 11.3. The predicted octanol–water partition coefficient (Wildman–Crippen LogP) is 3.84. The molecule has 1 fully saturated rings. The van der Waals surface area contributed by atoms with E-state index in [2.05, 4.69) is 53.2 Å². The maximum Gasteiger partial charge on any atom is 0.253 e. The largest absolute Gasteiger partial charge is 0.404 e. The van der Waals surface area contributed by atoms with Gasteiger partial charge in [-0.25, -0.2) is 4.99 Å². The first-order chi connectivity index (χ1) is 21.0. The van der Waals surface area contributed by atoms with Crippen molar-refractivity contribution in [3.05, 3.63) is 104 Å². The van der Waals surface area contributed by atoms with Crippen LogP contribution in [0, 0.1) is 6.92 Å². The molecule has 232 valence electrons. The number of allylic oxidation sites excluding steroid dienone is 1. The van der Waals surface area contributed by atoms with Crippen molar-refractivity contribution >= 4 is 23.8 Å². The Morgan fingerprint density at radius 3 is 2.57 bits per heavy atom. The molecule has 0 radical (unpaired) electrons. The summed E-state index contributed by atoms with van der Waals surface area (Å²) in [5, 5.41) is 12.2. The molecule has 1 aliphatic rings. The van der Waals surface area contributed by atoms with Crippen molar-refractivity contribution in [2.45, 2.75) is 52.7 Å². The first kappa shape index (κ1) is 32.6. The molecule has 1 atom stereocenters. The first-order valence-electron chi connectivity index (χ1n) is 15.1. The summed E-state index contributed by atoms with van der Waals surface area (Å²) >= 11 is 0. The lowest BCUT2D eigenvalue weighted by Crippen LogP contribution is -2.42. The summed E-state index contributed by atoms with van der Waals surface area (Å²) in [7, 11) is 1.78. The number of aliphatic imine (C=N–C) groups is 2. The van der Waals surface area contributed by atoms with Gasteiger partial charge >= 0.3 is 0 Å². The van der Waals surface area contributed by atoms with Crippen molar-refractivity contribution in [2.75, 3.05) is 26.3 Å². The Labute approximate surface area is 260 Å². The van der Waals surface area contributed by atoms with Gasteiger partial charge in [-0.1, -0.05) is 55.5 Å². The molecule has 2 aromatic carbocycles. The second-order valence-corrected chi connectivity index (χ2v) is 11.9. The van der Waals surface area contributed by atoms with Crippen molar-refractivity contribution in [1.29, 1.82) is 0 Å². The monoisotopic (exact) mass is 595 g/mol. The SMILES string of the molecule is CC\C=c1/ccc(-c2cc(C)c(=O)n(C)c2)c/c1=C(/N=C(C)/C(C=NCC(C)(C)O)=C/N)N1CCOCC1c1ccccc1. The highest BCUT2D eigenvalue weighted by atomic mass is 16.5. The molecule has 1 unspecified atom stereocenters. The van der Waals surface area contributed by atoms with Gasteiger partial charge in [-0.15, -0.1) is 0 Å².